The van der Waals surface area contributed by atoms with E-state index in [4.69, 9.17) is 0 Å². The molecule has 114 valence electrons. The van der Waals surface area contributed by atoms with E-state index >= 15 is 0 Å². The molecule has 2 N–H and O–H groups in total. The fourth-order valence-electron chi connectivity index (χ4n) is 2.67. The Labute approximate surface area is 130 Å². The van der Waals surface area contributed by atoms with E-state index in [0.717, 1.165) is 22.3 Å². The number of benzene rings is 2. The number of nitrogens with one attached hydrogen (secondary N) is 2. The maximum atomic E-state index is 13.0. The minimum absolute atomic E-state index is 0.0465. The van der Waals surface area contributed by atoms with Gasteiger partial charge in [-0.1, -0.05) is 24.3 Å². The van der Waals surface area contributed by atoms with Gasteiger partial charge < -0.3 is 5.32 Å². The van der Waals surface area contributed by atoms with Crippen LogP contribution in [0.2, 0.25) is 0 Å². The summed E-state index contributed by atoms with van der Waals surface area (Å²) in [6.45, 7) is 0. The SMILES string of the molecule is FC(F)c1cccc2cc(Nc3[nH]nc4ncccc34)ccc12. The van der Waals surface area contributed by atoms with Crippen molar-refractivity contribution in [2.45, 2.75) is 6.43 Å². The zero-order valence-corrected chi connectivity index (χ0v) is 11.9. The maximum Gasteiger partial charge on any atom is 0.264 e. The van der Waals surface area contributed by atoms with Crippen molar-refractivity contribution in [2.24, 2.45) is 0 Å². The summed E-state index contributed by atoms with van der Waals surface area (Å²) in [7, 11) is 0. The number of halogens is 2. The summed E-state index contributed by atoms with van der Waals surface area (Å²) in [6.07, 6.45) is -0.811. The van der Waals surface area contributed by atoms with Crippen molar-refractivity contribution in [2.75, 3.05) is 5.32 Å². The van der Waals surface area contributed by atoms with Gasteiger partial charge in [0.15, 0.2) is 5.65 Å². The number of H-pyrrole nitrogens is 1. The van der Waals surface area contributed by atoms with E-state index in [2.05, 4.69) is 20.5 Å². The number of rotatable bonds is 3. The highest BCUT2D eigenvalue weighted by Gasteiger charge is 2.11. The van der Waals surface area contributed by atoms with Crippen molar-refractivity contribution in [3.8, 4) is 0 Å². The summed E-state index contributed by atoms with van der Waals surface area (Å²) < 4.78 is 26.1. The number of pyridine rings is 1. The summed E-state index contributed by atoms with van der Waals surface area (Å²) in [4.78, 5) is 4.16. The average Bonchev–Trinajstić information content (AvgIpc) is 2.97. The molecule has 0 saturated carbocycles. The first kappa shape index (κ1) is 13.6. The van der Waals surface area contributed by atoms with Crippen molar-refractivity contribution >= 4 is 33.3 Å². The molecule has 2 aromatic heterocycles. The molecule has 0 saturated heterocycles. The van der Waals surface area contributed by atoms with Crippen LogP contribution in [0.4, 0.5) is 20.3 Å². The lowest BCUT2D eigenvalue weighted by Crippen LogP contribution is -1.92. The molecule has 0 atom stereocenters. The average molecular weight is 310 g/mol. The van der Waals surface area contributed by atoms with Gasteiger partial charge in [0, 0.05) is 17.4 Å². The molecule has 0 aliphatic rings. The van der Waals surface area contributed by atoms with Gasteiger partial charge in [-0.2, -0.15) is 5.10 Å². The number of nitrogens with zero attached hydrogens (tertiary/aromatic N) is 2. The highest BCUT2D eigenvalue weighted by Crippen LogP contribution is 2.30. The first-order chi connectivity index (χ1) is 11.2. The van der Waals surface area contributed by atoms with E-state index in [-0.39, 0.29) is 5.56 Å². The molecule has 0 aliphatic carbocycles. The van der Waals surface area contributed by atoms with Gasteiger partial charge in [0.1, 0.15) is 5.82 Å². The Balaban J connectivity index is 1.75. The van der Waals surface area contributed by atoms with E-state index in [9.17, 15) is 8.78 Å². The Hall–Kier alpha value is -3.02. The predicted octanol–water partition coefficient (Wildman–Crippen LogP) is 4.79. The second kappa shape index (κ2) is 5.31. The molecule has 0 radical (unpaired) electrons. The first-order valence-electron chi connectivity index (χ1n) is 7.09. The fraction of sp³-hybridized carbons (Fsp3) is 0.0588. The van der Waals surface area contributed by atoms with E-state index in [1.54, 1.807) is 24.4 Å². The topological polar surface area (TPSA) is 53.6 Å². The number of fused-ring (bicyclic) bond motifs is 2. The first-order valence-corrected chi connectivity index (χ1v) is 7.09. The van der Waals surface area contributed by atoms with Gasteiger partial charge in [-0.25, -0.2) is 13.8 Å². The van der Waals surface area contributed by atoms with Gasteiger partial charge in [0.05, 0.1) is 5.39 Å². The zero-order valence-electron chi connectivity index (χ0n) is 11.9. The largest absolute Gasteiger partial charge is 0.340 e. The van der Waals surface area contributed by atoms with Crippen molar-refractivity contribution in [1.29, 1.82) is 0 Å². The highest BCUT2D eigenvalue weighted by atomic mass is 19.3. The van der Waals surface area contributed by atoms with Gasteiger partial charge in [-0.05, 0) is 35.0 Å². The molecule has 4 aromatic rings. The summed E-state index contributed by atoms with van der Waals surface area (Å²) in [5.41, 5.74) is 1.46. The Morgan fingerprint density at radius 2 is 1.91 bits per heavy atom. The molecule has 2 aromatic carbocycles. The van der Waals surface area contributed by atoms with Gasteiger partial charge in [-0.3, -0.25) is 5.10 Å². The third kappa shape index (κ3) is 2.38. The van der Waals surface area contributed by atoms with Crippen LogP contribution in [0.3, 0.4) is 0 Å². The second-order valence-corrected chi connectivity index (χ2v) is 5.18. The van der Waals surface area contributed by atoms with Crippen LogP contribution in [-0.2, 0) is 0 Å². The third-order valence-corrected chi connectivity index (χ3v) is 3.75. The molecule has 4 nitrogen and oxygen atoms in total. The van der Waals surface area contributed by atoms with Crippen LogP contribution in [-0.4, -0.2) is 15.2 Å². The van der Waals surface area contributed by atoms with E-state index in [1.807, 2.05) is 24.3 Å². The molecule has 0 spiro atoms. The summed E-state index contributed by atoms with van der Waals surface area (Å²) >= 11 is 0. The van der Waals surface area contributed by atoms with Crippen molar-refractivity contribution in [1.82, 2.24) is 15.2 Å². The quantitative estimate of drug-likeness (QED) is 0.572. The Morgan fingerprint density at radius 3 is 2.78 bits per heavy atom. The smallest absolute Gasteiger partial charge is 0.264 e. The van der Waals surface area contributed by atoms with Crippen LogP contribution in [0.15, 0.2) is 54.7 Å². The van der Waals surface area contributed by atoms with Crippen LogP contribution >= 0.6 is 0 Å². The molecular weight excluding hydrogens is 298 g/mol. The normalized spacial score (nSPS) is 11.4. The lowest BCUT2D eigenvalue weighted by Gasteiger charge is -2.09. The lowest BCUT2D eigenvalue weighted by molar-refractivity contribution is 0.153. The van der Waals surface area contributed by atoms with Crippen LogP contribution in [0.1, 0.15) is 12.0 Å². The van der Waals surface area contributed by atoms with Gasteiger partial charge >= 0.3 is 0 Å². The number of hydrogen-bond donors (Lipinski definition) is 2. The molecule has 23 heavy (non-hydrogen) atoms. The Kier molecular flexibility index (Phi) is 3.15. The van der Waals surface area contributed by atoms with Gasteiger partial charge in [0.25, 0.3) is 6.43 Å². The minimum Gasteiger partial charge on any atom is -0.340 e. The van der Waals surface area contributed by atoms with Crippen molar-refractivity contribution in [3.63, 3.8) is 0 Å². The summed E-state index contributed by atoms with van der Waals surface area (Å²) in [5.74, 6) is 0.720. The van der Waals surface area contributed by atoms with Gasteiger partial charge in [0.2, 0.25) is 0 Å². The number of aromatic amines is 1. The second-order valence-electron chi connectivity index (χ2n) is 5.18. The molecule has 4 rings (SSSR count). The molecular formula is C17H12F2N4. The molecule has 6 heteroatoms. The highest BCUT2D eigenvalue weighted by molar-refractivity contribution is 5.92. The number of aromatic nitrogens is 3. The number of alkyl halides is 2. The molecule has 0 amide bonds. The number of anilines is 2. The molecule has 2 heterocycles. The van der Waals surface area contributed by atoms with E-state index in [0.29, 0.717) is 11.0 Å². The predicted molar refractivity (Wildman–Crippen MR) is 86.1 cm³/mol. The van der Waals surface area contributed by atoms with Crippen molar-refractivity contribution < 1.29 is 8.78 Å². The molecule has 0 unspecified atom stereocenters. The summed E-state index contributed by atoms with van der Waals surface area (Å²) in [5, 5.41) is 12.4. The Morgan fingerprint density at radius 1 is 1.00 bits per heavy atom. The van der Waals surface area contributed by atoms with Crippen LogP contribution < -0.4 is 5.32 Å². The fourth-order valence-corrected chi connectivity index (χ4v) is 2.67. The zero-order chi connectivity index (χ0) is 15.8. The lowest BCUT2D eigenvalue weighted by atomic mass is 10.0. The van der Waals surface area contributed by atoms with Crippen molar-refractivity contribution in [3.05, 3.63) is 60.3 Å². The van der Waals surface area contributed by atoms with Gasteiger partial charge in [-0.15, -0.1) is 0 Å². The van der Waals surface area contributed by atoms with Crippen LogP contribution in [0.5, 0.6) is 0 Å². The number of hydrogen-bond acceptors (Lipinski definition) is 3. The third-order valence-electron chi connectivity index (χ3n) is 3.75. The maximum absolute atomic E-state index is 13.0. The van der Waals surface area contributed by atoms with E-state index in [1.165, 1.54) is 6.07 Å². The minimum atomic E-state index is -2.49. The standard InChI is InChI=1S/C17H12F2N4/c18-15(19)13-4-1-3-10-9-11(6-7-12(10)13)21-17-14-5-2-8-20-16(14)22-23-17/h1-9,15H,(H2,20,21,22,23). The van der Waals surface area contributed by atoms with Crippen LogP contribution in [0.25, 0.3) is 21.8 Å². The summed E-state index contributed by atoms with van der Waals surface area (Å²) in [6, 6.07) is 14.0. The molecule has 0 aliphatic heterocycles. The monoisotopic (exact) mass is 310 g/mol. The van der Waals surface area contributed by atoms with E-state index < -0.39 is 6.43 Å². The molecule has 0 fully saturated rings. The molecule has 0 bridgehead atoms. The van der Waals surface area contributed by atoms with Crippen LogP contribution in [0, 0.1) is 0 Å². The Bertz CT molecular complexity index is 994.